The van der Waals surface area contributed by atoms with E-state index in [4.69, 9.17) is 10.5 Å². The van der Waals surface area contributed by atoms with Gasteiger partial charge in [-0.15, -0.1) is 12.4 Å². The summed E-state index contributed by atoms with van der Waals surface area (Å²) in [5, 5.41) is 0. The summed E-state index contributed by atoms with van der Waals surface area (Å²) >= 11 is 0. The minimum absolute atomic E-state index is 0. The largest absolute Gasteiger partial charge is 0.466 e. The number of piperidine rings is 1. The lowest BCUT2D eigenvalue weighted by Crippen LogP contribution is -2.42. The standard InChI is InChI=1S/C15H20N2O3.ClH/c1-2-20-15(19)12-6-4-8-17(10-12)14(18)11-5-3-7-13(16)9-11;/h3,5,7,9,12H,2,4,6,8,10,16H2,1H3;1H. The summed E-state index contributed by atoms with van der Waals surface area (Å²) < 4.78 is 5.04. The van der Waals surface area contributed by atoms with Crippen LogP contribution in [-0.4, -0.2) is 36.5 Å². The summed E-state index contributed by atoms with van der Waals surface area (Å²) in [5.41, 5.74) is 6.83. The molecule has 1 saturated heterocycles. The molecule has 1 heterocycles. The Kier molecular flexibility index (Phi) is 6.49. The average Bonchev–Trinajstić information content (AvgIpc) is 2.47. The molecule has 0 bridgehead atoms. The van der Waals surface area contributed by atoms with E-state index >= 15 is 0 Å². The predicted octanol–water partition coefficient (Wildman–Crippen LogP) is 2.11. The second-order valence-electron chi connectivity index (χ2n) is 4.97. The molecule has 2 N–H and O–H groups in total. The Hall–Kier alpha value is -1.75. The van der Waals surface area contributed by atoms with Crippen LogP contribution in [0.4, 0.5) is 5.69 Å². The molecule has 6 heteroatoms. The maximum atomic E-state index is 12.4. The zero-order chi connectivity index (χ0) is 14.5. The highest BCUT2D eigenvalue weighted by atomic mass is 35.5. The van der Waals surface area contributed by atoms with Crippen molar-refractivity contribution in [3.05, 3.63) is 29.8 Å². The summed E-state index contributed by atoms with van der Waals surface area (Å²) in [6, 6.07) is 6.91. The summed E-state index contributed by atoms with van der Waals surface area (Å²) in [7, 11) is 0. The van der Waals surface area contributed by atoms with Crippen molar-refractivity contribution in [3.63, 3.8) is 0 Å². The van der Waals surface area contributed by atoms with Gasteiger partial charge in [0.2, 0.25) is 0 Å². The van der Waals surface area contributed by atoms with Crippen LogP contribution in [0.1, 0.15) is 30.1 Å². The second-order valence-corrected chi connectivity index (χ2v) is 4.97. The number of carbonyl (C=O) groups is 2. The van der Waals surface area contributed by atoms with Gasteiger partial charge < -0.3 is 15.4 Å². The van der Waals surface area contributed by atoms with E-state index < -0.39 is 0 Å². The SMILES string of the molecule is CCOC(=O)C1CCCN(C(=O)c2cccc(N)c2)C1.Cl. The third kappa shape index (κ3) is 4.36. The van der Waals surface area contributed by atoms with Gasteiger partial charge in [-0.2, -0.15) is 0 Å². The zero-order valence-corrected chi connectivity index (χ0v) is 12.9. The molecule has 1 aliphatic heterocycles. The zero-order valence-electron chi connectivity index (χ0n) is 12.1. The number of esters is 1. The second kappa shape index (κ2) is 7.88. The Labute approximate surface area is 130 Å². The van der Waals surface area contributed by atoms with Crippen molar-refractivity contribution in [2.45, 2.75) is 19.8 Å². The number of nitrogen functional groups attached to an aromatic ring is 1. The highest BCUT2D eigenvalue weighted by Crippen LogP contribution is 2.20. The molecule has 0 saturated carbocycles. The molecule has 1 aromatic rings. The van der Waals surface area contributed by atoms with Gasteiger partial charge in [0.1, 0.15) is 0 Å². The quantitative estimate of drug-likeness (QED) is 0.685. The summed E-state index contributed by atoms with van der Waals surface area (Å²) in [5.74, 6) is -0.502. The van der Waals surface area contributed by atoms with Gasteiger partial charge in [0, 0.05) is 24.3 Å². The first-order chi connectivity index (χ1) is 9.61. The number of halogens is 1. The smallest absolute Gasteiger partial charge is 0.310 e. The molecule has 0 aliphatic carbocycles. The van der Waals surface area contributed by atoms with Crippen molar-refractivity contribution in [3.8, 4) is 0 Å². The molecule has 0 spiro atoms. The molecule has 1 fully saturated rings. The van der Waals surface area contributed by atoms with Gasteiger partial charge >= 0.3 is 5.97 Å². The number of rotatable bonds is 3. The molecule has 21 heavy (non-hydrogen) atoms. The number of hydrogen-bond donors (Lipinski definition) is 1. The van der Waals surface area contributed by atoms with E-state index in [1.165, 1.54) is 0 Å². The Bertz CT molecular complexity index is 507. The summed E-state index contributed by atoms with van der Waals surface area (Å²) in [6.07, 6.45) is 1.59. The number of nitrogens with zero attached hydrogens (tertiary/aromatic N) is 1. The molecule has 1 unspecified atom stereocenters. The van der Waals surface area contributed by atoms with E-state index in [1.807, 2.05) is 0 Å². The van der Waals surface area contributed by atoms with Crippen LogP contribution in [0.25, 0.3) is 0 Å². The van der Waals surface area contributed by atoms with Gasteiger partial charge in [-0.25, -0.2) is 0 Å². The molecular formula is C15H21ClN2O3. The molecule has 116 valence electrons. The van der Waals surface area contributed by atoms with Gasteiger partial charge in [-0.3, -0.25) is 9.59 Å². The molecule has 1 aliphatic rings. The lowest BCUT2D eigenvalue weighted by Gasteiger charge is -2.31. The number of anilines is 1. The first-order valence-corrected chi connectivity index (χ1v) is 6.93. The molecule has 1 atom stereocenters. The maximum absolute atomic E-state index is 12.4. The molecular weight excluding hydrogens is 292 g/mol. The van der Waals surface area contributed by atoms with E-state index in [1.54, 1.807) is 36.1 Å². The van der Waals surface area contributed by atoms with Crippen LogP contribution < -0.4 is 5.73 Å². The number of nitrogens with two attached hydrogens (primary N) is 1. The van der Waals surface area contributed by atoms with Crippen LogP contribution in [0.2, 0.25) is 0 Å². The molecule has 2 rings (SSSR count). The Balaban J connectivity index is 0.00000220. The minimum Gasteiger partial charge on any atom is -0.466 e. The Morgan fingerprint density at radius 2 is 2.19 bits per heavy atom. The van der Waals surface area contributed by atoms with Crippen molar-refractivity contribution >= 4 is 30.0 Å². The van der Waals surface area contributed by atoms with Gasteiger partial charge in [0.25, 0.3) is 5.91 Å². The van der Waals surface area contributed by atoms with Crippen molar-refractivity contribution in [2.24, 2.45) is 5.92 Å². The van der Waals surface area contributed by atoms with Gasteiger partial charge in [0.15, 0.2) is 0 Å². The molecule has 1 aromatic carbocycles. The van der Waals surface area contributed by atoms with Crippen LogP contribution >= 0.6 is 12.4 Å². The summed E-state index contributed by atoms with van der Waals surface area (Å²) in [4.78, 5) is 25.9. The van der Waals surface area contributed by atoms with Crippen molar-refractivity contribution in [1.29, 1.82) is 0 Å². The monoisotopic (exact) mass is 312 g/mol. The fraction of sp³-hybridized carbons (Fsp3) is 0.467. The highest BCUT2D eigenvalue weighted by Gasteiger charge is 2.29. The van der Waals surface area contributed by atoms with E-state index in [2.05, 4.69) is 0 Å². The lowest BCUT2D eigenvalue weighted by atomic mass is 9.97. The maximum Gasteiger partial charge on any atom is 0.310 e. The normalized spacial score (nSPS) is 17.8. The van der Waals surface area contributed by atoms with E-state index in [0.29, 0.717) is 30.9 Å². The molecule has 0 radical (unpaired) electrons. The molecule has 1 amide bonds. The van der Waals surface area contributed by atoms with Crippen LogP contribution in [0.3, 0.4) is 0 Å². The van der Waals surface area contributed by atoms with Crippen LogP contribution in [-0.2, 0) is 9.53 Å². The van der Waals surface area contributed by atoms with Crippen molar-refractivity contribution < 1.29 is 14.3 Å². The van der Waals surface area contributed by atoms with Gasteiger partial charge in [-0.1, -0.05) is 6.07 Å². The van der Waals surface area contributed by atoms with Crippen LogP contribution in [0, 0.1) is 5.92 Å². The Morgan fingerprint density at radius 3 is 2.86 bits per heavy atom. The number of carbonyl (C=O) groups excluding carboxylic acids is 2. The van der Waals surface area contributed by atoms with Crippen LogP contribution in [0.15, 0.2) is 24.3 Å². The van der Waals surface area contributed by atoms with Crippen molar-refractivity contribution in [2.75, 3.05) is 25.4 Å². The first kappa shape index (κ1) is 17.3. The Morgan fingerprint density at radius 1 is 1.43 bits per heavy atom. The topological polar surface area (TPSA) is 72.6 Å². The minimum atomic E-state index is -0.214. The van der Waals surface area contributed by atoms with E-state index in [9.17, 15) is 9.59 Å². The molecule has 0 aromatic heterocycles. The summed E-state index contributed by atoms with van der Waals surface area (Å²) in [6.45, 7) is 3.25. The van der Waals surface area contributed by atoms with Gasteiger partial charge in [-0.05, 0) is 38.0 Å². The van der Waals surface area contributed by atoms with Gasteiger partial charge in [0.05, 0.1) is 12.5 Å². The number of amides is 1. The fourth-order valence-corrected chi connectivity index (χ4v) is 2.47. The lowest BCUT2D eigenvalue weighted by molar-refractivity contribution is -0.149. The fourth-order valence-electron chi connectivity index (χ4n) is 2.47. The average molecular weight is 313 g/mol. The third-order valence-corrected chi connectivity index (χ3v) is 3.46. The van der Waals surface area contributed by atoms with Crippen LogP contribution in [0.5, 0.6) is 0 Å². The van der Waals surface area contributed by atoms with Crippen molar-refractivity contribution in [1.82, 2.24) is 4.90 Å². The highest BCUT2D eigenvalue weighted by molar-refractivity contribution is 5.95. The van der Waals surface area contributed by atoms with E-state index in [-0.39, 0.29) is 30.2 Å². The van der Waals surface area contributed by atoms with E-state index in [0.717, 1.165) is 12.8 Å². The predicted molar refractivity (Wildman–Crippen MR) is 83.4 cm³/mol. The number of benzene rings is 1. The first-order valence-electron chi connectivity index (χ1n) is 6.93. The number of ether oxygens (including phenoxy) is 1. The number of likely N-dealkylation sites (tertiary alicyclic amines) is 1. The third-order valence-electron chi connectivity index (χ3n) is 3.46. The number of hydrogen-bond acceptors (Lipinski definition) is 4. The molecule has 5 nitrogen and oxygen atoms in total.